The Hall–Kier alpha value is -2.15. The Labute approximate surface area is 168 Å². The quantitative estimate of drug-likeness (QED) is 0.825. The number of anilines is 2. The van der Waals surface area contributed by atoms with Gasteiger partial charge in [-0.25, -0.2) is 0 Å². The van der Waals surface area contributed by atoms with Crippen molar-refractivity contribution in [1.29, 1.82) is 0 Å². The molecule has 3 rings (SSSR count). The highest BCUT2D eigenvalue weighted by Gasteiger charge is 2.35. The van der Waals surface area contributed by atoms with Crippen LogP contribution in [0.2, 0.25) is 10.0 Å². The van der Waals surface area contributed by atoms with Gasteiger partial charge in [-0.3, -0.25) is 14.6 Å². The molecule has 1 aliphatic rings. The number of hydrogen-bond acceptors (Lipinski definition) is 4. The Morgan fingerprint density at radius 3 is 2.63 bits per heavy atom. The highest BCUT2D eigenvalue weighted by Crippen LogP contribution is 2.30. The summed E-state index contributed by atoms with van der Waals surface area (Å²) in [6.45, 7) is 0.964. The number of carbonyl (C=O) groups is 2. The van der Waals surface area contributed by atoms with Crippen LogP contribution >= 0.6 is 23.2 Å². The molecule has 1 aromatic heterocycles. The van der Waals surface area contributed by atoms with E-state index >= 15 is 0 Å². The second-order valence-corrected chi connectivity index (χ2v) is 7.67. The lowest BCUT2D eigenvalue weighted by molar-refractivity contribution is -0.122. The predicted molar refractivity (Wildman–Crippen MR) is 107 cm³/mol. The van der Waals surface area contributed by atoms with E-state index in [1.54, 1.807) is 35.4 Å². The Balaban J connectivity index is 1.69. The van der Waals surface area contributed by atoms with Crippen molar-refractivity contribution in [2.45, 2.75) is 13.0 Å². The van der Waals surface area contributed by atoms with Crippen molar-refractivity contribution in [3.63, 3.8) is 0 Å². The molecule has 0 aliphatic carbocycles. The second kappa shape index (κ2) is 8.25. The van der Waals surface area contributed by atoms with Crippen LogP contribution in [0.5, 0.6) is 0 Å². The van der Waals surface area contributed by atoms with Gasteiger partial charge in [-0.15, -0.1) is 0 Å². The van der Waals surface area contributed by atoms with E-state index in [0.29, 0.717) is 28.0 Å². The number of aromatic nitrogens is 1. The van der Waals surface area contributed by atoms with Gasteiger partial charge in [0.15, 0.2) is 0 Å². The van der Waals surface area contributed by atoms with Gasteiger partial charge in [-0.1, -0.05) is 23.2 Å². The second-order valence-electron chi connectivity index (χ2n) is 6.80. The summed E-state index contributed by atoms with van der Waals surface area (Å²) in [5.74, 6) is -0.766. The third kappa shape index (κ3) is 4.97. The molecule has 1 saturated heterocycles. The normalized spacial score (nSPS) is 16.9. The summed E-state index contributed by atoms with van der Waals surface area (Å²) in [4.78, 5) is 32.8. The number of nitrogens with zero attached hydrogens (tertiary/aromatic N) is 3. The molecule has 0 bridgehead atoms. The van der Waals surface area contributed by atoms with Crippen LogP contribution in [0.15, 0.2) is 36.5 Å². The van der Waals surface area contributed by atoms with Crippen LogP contribution < -0.4 is 10.2 Å². The van der Waals surface area contributed by atoms with Crippen LogP contribution in [-0.4, -0.2) is 42.3 Å². The third-order valence-corrected chi connectivity index (χ3v) is 4.65. The van der Waals surface area contributed by atoms with Gasteiger partial charge in [0.2, 0.25) is 11.8 Å². The first-order chi connectivity index (χ1) is 12.8. The van der Waals surface area contributed by atoms with Crippen molar-refractivity contribution in [2.75, 3.05) is 30.9 Å². The number of amides is 2. The number of benzene rings is 1. The molecule has 1 N–H and O–H groups in total. The maximum Gasteiger partial charge on any atom is 0.229 e. The van der Waals surface area contributed by atoms with Crippen LogP contribution in [0.25, 0.3) is 0 Å². The summed E-state index contributed by atoms with van der Waals surface area (Å²) in [6.07, 6.45) is 1.81. The Morgan fingerprint density at radius 2 is 1.96 bits per heavy atom. The van der Waals surface area contributed by atoms with E-state index in [0.717, 1.165) is 5.69 Å². The minimum Gasteiger partial charge on any atom is -0.326 e. The Bertz CT molecular complexity index is 852. The van der Waals surface area contributed by atoms with Crippen LogP contribution in [0.4, 0.5) is 11.4 Å². The van der Waals surface area contributed by atoms with Gasteiger partial charge in [0.05, 0.1) is 11.6 Å². The first-order valence-electron chi connectivity index (χ1n) is 8.49. The molecular weight excluding hydrogens is 387 g/mol. The minimum absolute atomic E-state index is 0.128. The molecule has 1 aromatic carbocycles. The average Bonchev–Trinajstić information content (AvgIpc) is 2.95. The maximum atomic E-state index is 12.6. The monoisotopic (exact) mass is 406 g/mol. The molecule has 1 atom stereocenters. The zero-order chi connectivity index (χ0) is 19.6. The predicted octanol–water partition coefficient (Wildman–Crippen LogP) is 3.44. The van der Waals surface area contributed by atoms with Crippen molar-refractivity contribution in [2.24, 2.45) is 5.92 Å². The molecule has 6 nitrogen and oxygen atoms in total. The lowest BCUT2D eigenvalue weighted by atomic mass is 10.1. The number of rotatable bonds is 5. The van der Waals surface area contributed by atoms with Crippen LogP contribution in [0.3, 0.4) is 0 Å². The highest BCUT2D eigenvalue weighted by atomic mass is 35.5. The molecule has 27 heavy (non-hydrogen) atoms. The van der Waals surface area contributed by atoms with E-state index < -0.39 is 5.92 Å². The van der Waals surface area contributed by atoms with Crippen LogP contribution in [0, 0.1) is 5.92 Å². The molecular formula is C19H20Cl2N4O2. The average molecular weight is 407 g/mol. The van der Waals surface area contributed by atoms with E-state index in [4.69, 9.17) is 23.2 Å². The van der Waals surface area contributed by atoms with Gasteiger partial charge >= 0.3 is 0 Å². The molecule has 0 saturated carbocycles. The summed E-state index contributed by atoms with van der Waals surface area (Å²) in [6, 6.07) is 8.52. The largest absolute Gasteiger partial charge is 0.326 e. The summed E-state index contributed by atoms with van der Waals surface area (Å²) < 4.78 is 0. The van der Waals surface area contributed by atoms with Crippen molar-refractivity contribution in [3.8, 4) is 0 Å². The molecule has 142 valence electrons. The van der Waals surface area contributed by atoms with E-state index in [1.165, 1.54) is 0 Å². The van der Waals surface area contributed by atoms with Crippen molar-refractivity contribution < 1.29 is 9.59 Å². The summed E-state index contributed by atoms with van der Waals surface area (Å²) in [7, 11) is 3.90. The third-order valence-electron chi connectivity index (χ3n) is 4.22. The van der Waals surface area contributed by atoms with Crippen molar-refractivity contribution in [1.82, 2.24) is 9.88 Å². The SMILES string of the molecule is CN(C)Cc1cc(NC(=O)C2CC(=O)N(c3cc(Cl)cc(Cl)c3)C2)ccn1. The van der Waals surface area contributed by atoms with Crippen molar-refractivity contribution in [3.05, 3.63) is 52.3 Å². The van der Waals surface area contributed by atoms with E-state index in [9.17, 15) is 9.59 Å². The zero-order valence-electron chi connectivity index (χ0n) is 15.1. The van der Waals surface area contributed by atoms with Gasteiger partial charge in [0.1, 0.15) is 0 Å². The molecule has 2 amide bonds. The summed E-state index contributed by atoms with van der Waals surface area (Å²) in [5, 5.41) is 3.78. The molecule has 2 aromatic rings. The minimum atomic E-state index is -0.444. The molecule has 0 spiro atoms. The van der Waals surface area contributed by atoms with Gasteiger partial charge < -0.3 is 15.1 Å². The van der Waals surface area contributed by atoms with Gasteiger partial charge in [0.25, 0.3) is 0 Å². The number of pyridine rings is 1. The number of halogens is 2. The van der Waals surface area contributed by atoms with E-state index in [1.807, 2.05) is 25.1 Å². The zero-order valence-corrected chi connectivity index (χ0v) is 16.6. The molecule has 2 heterocycles. The number of hydrogen-bond donors (Lipinski definition) is 1. The van der Waals surface area contributed by atoms with Crippen LogP contribution in [-0.2, 0) is 16.1 Å². The number of carbonyl (C=O) groups excluding carboxylic acids is 2. The topological polar surface area (TPSA) is 65.5 Å². The maximum absolute atomic E-state index is 12.6. The number of nitrogens with one attached hydrogen (secondary N) is 1. The molecule has 0 radical (unpaired) electrons. The van der Waals surface area contributed by atoms with Crippen molar-refractivity contribution >= 4 is 46.4 Å². The Morgan fingerprint density at radius 1 is 1.26 bits per heavy atom. The van der Waals surface area contributed by atoms with Gasteiger partial charge in [-0.05, 0) is 44.4 Å². The molecule has 8 heteroatoms. The Kier molecular flexibility index (Phi) is 5.99. The lowest BCUT2D eigenvalue weighted by Crippen LogP contribution is -2.28. The van der Waals surface area contributed by atoms with Gasteiger partial charge in [-0.2, -0.15) is 0 Å². The fourth-order valence-electron chi connectivity index (χ4n) is 3.04. The summed E-state index contributed by atoms with van der Waals surface area (Å²) in [5.41, 5.74) is 2.13. The molecule has 1 unspecified atom stereocenters. The lowest BCUT2D eigenvalue weighted by Gasteiger charge is -2.17. The first-order valence-corrected chi connectivity index (χ1v) is 9.24. The standard InChI is InChI=1S/C19H20Cl2N4O2/c1-24(2)11-16-9-15(3-4-22-16)23-19(27)12-5-18(26)25(10-12)17-7-13(20)6-14(21)8-17/h3-4,6-9,12H,5,10-11H2,1-2H3,(H,22,23,27). The van der Waals surface area contributed by atoms with Gasteiger partial charge in [0, 0.05) is 47.1 Å². The van der Waals surface area contributed by atoms with E-state index in [-0.39, 0.29) is 24.8 Å². The first kappa shape index (κ1) is 19.6. The smallest absolute Gasteiger partial charge is 0.229 e. The van der Waals surface area contributed by atoms with Crippen LogP contribution in [0.1, 0.15) is 12.1 Å². The molecule has 1 fully saturated rings. The molecule has 1 aliphatic heterocycles. The fraction of sp³-hybridized carbons (Fsp3) is 0.316. The van der Waals surface area contributed by atoms with E-state index in [2.05, 4.69) is 10.3 Å². The highest BCUT2D eigenvalue weighted by molar-refractivity contribution is 6.35. The summed E-state index contributed by atoms with van der Waals surface area (Å²) >= 11 is 12.0. The fourth-order valence-corrected chi connectivity index (χ4v) is 3.55.